The molecule has 4 aromatic rings. The minimum Gasteiger partial charge on any atom is -0.495 e. The van der Waals surface area contributed by atoms with Crippen LogP contribution in [0.1, 0.15) is 10.5 Å². The number of nitrogens with zero attached hydrogens (tertiary/aromatic N) is 1. The third kappa shape index (κ3) is 4.62. The number of hydrogen-bond donors (Lipinski definition) is 3. The number of anilines is 2. The average molecular weight is 489 g/mol. The second-order valence-corrected chi connectivity index (χ2v) is 9.55. The summed E-state index contributed by atoms with van der Waals surface area (Å²) in [6, 6.07) is 16.2. The third-order valence-electron chi connectivity index (χ3n) is 4.43. The number of halogens is 1. The van der Waals surface area contributed by atoms with Crippen molar-refractivity contribution in [2.75, 3.05) is 17.1 Å². The van der Waals surface area contributed by atoms with Gasteiger partial charge in [0.05, 0.1) is 28.4 Å². The minimum atomic E-state index is -4.06. The van der Waals surface area contributed by atoms with Gasteiger partial charge in [-0.25, -0.2) is 8.42 Å². The molecule has 32 heavy (non-hydrogen) atoms. The Morgan fingerprint density at radius 1 is 1.12 bits per heavy atom. The van der Waals surface area contributed by atoms with Crippen molar-refractivity contribution in [3.63, 3.8) is 0 Å². The number of thiophene rings is 1. The first kappa shape index (κ1) is 21.9. The first-order valence-electron chi connectivity index (χ1n) is 9.23. The van der Waals surface area contributed by atoms with Crippen LogP contribution in [0.15, 0.2) is 70.9 Å². The van der Waals surface area contributed by atoms with Gasteiger partial charge in [-0.15, -0.1) is 11.3 Å². The van der Waals surface area contributed by atoms with Gasteiger partial charge in [-0.05, 0) is 47.8 Å². The van der Waals surface area contributed by atoms with Crippen LogP contribution >= 0.6 is 22.9 Å². The quantitative estimate of drug-likeness (QED) is 0.344. The molecule has 0 aliphatic rings. The highest BCUT2D eigenvalue weighted by Crippen LogP contribution is 2.31. The summed E-state index contributed by atoms with van der Waals surface area (Å²) in [4.78, 5) is 13.4. The molecule has 0 aliphatic heterocycles. The van der Waals surface area contributed by atoms with Crippen molar-refractivity contribution in [1.82, 2.24) is 10.2 Å². The van der Waals surface area contributed by atoms with Crippen LogP contribution in [-0.4, -0.2) is 31.6 Å². The highest BCUT2D eigenvalue weighted by Gasteiger charge is 2.22. The number of carbonyl (C=O) groups excluding carboxylic acids is 1. The fraction of sp³-hybridized carbons (Fsp3) is 0.0476. The Bertz CT molecular complexity index is 1370. The Kier molecular flexibility index (Phi) is 6.17. The van der Waals surface area contributed by atoms with E-state index >= 15 is 0 Å². The average Bonchev–Trinajstić information content (AvgIpc) is 3.47. The van der Waals surface area contributed by atoms with Crippen LogP contribution in [0.5, 0.6) is 5.75 Å². The third-order valence-corrected chi connectivity index (χ3v) is 7.05. The van der Waals surface area contributed by atoms with Crippen molar-refractivity contribution in [3.8, 4) is 16.3 Å². The Morgan fingerprint density at radius 3 is 2.66 bits per heavy atom. The zero-order valence-corrected chi connectivity index (χ0v) is 19.0. The number of hydrogen-bond acceptors (Lipinski definition) is 6. The van der Waals surface area contributed by atoms with Gasteiger partial charge in [0.25, 0.3) is 15.9 Å². The molecule has 1 amide bonds. The summed E-state index contributed by atoms with van der Waals surface area (Å²) in [7, 11) is -2.70. The summed E-state index contributed by atoms with van der Waals surface area (Å²) >= 11 is 7.59. The molecule has 0 fully saturated rings. The highest BCUT2D eigenvalue weighted by molar-refractivity contribution is 7.92. The second-order valence-electron chi connectivity index (χ2n) is 6.55. The maximum atomic E-state index is 13.0. The van der Waals surface area contributed by atoms with Crippen molar-refractivity contribution in [3.05, 3.63) is 76.8 Å². The summed E-state index contributed by atoms with van der Waals surface area (Å²) in [6.45, 7) is 0. The van der Waals surface area contributed by atoms with Crippen LogP contribution in [0.3, 0.4) is 0 Å². The molecular weight excluding hydrogens is 472 g/mol. The largest absolute Gasteiger partial charge is 0.495 e. The van der Waals surface area contributed by atoms with E-state index in [4.69, 9.17) is 16.3 Å². The maximum Gasteiger partial charge on any atom is 0.276 e. The van der Waals surface area contributed by atoms with Crippen molar-refractivity contribution in [2.45, 2.75) is 4.90 Å². The number of carbonyl (C=O) groups is 1. The lowest BCUT2D eigenvalue weighted by molar-refractivity contribution is 0.102. The summed E-state index contributed by atoms with van der Waals surface area (Å²) in [5.41, 5.74) is 1.37. The van der Waals surface area contributed by atoms with Crippen molar-refractivity contribution < 1.29 is 17.9 Å². The highest BCUT2D eigenvalue weighted by atomic mass is 35.5. The molecule has 164 valence electrons. The van der Waals surface area contributed by atoms with Crippen LogP contribution in [0.4, 0.5) is 11.4 Å². The number of aromatic nitrogens is 2. The number of amides is 1. The summed E-state index contributed by atoms with van der Waals surface area (Å²) < 4.78 is 33.6. The molecule has 2 heterocycles. The molecule has 0 bridgehead atoms. The van der Waals surface area contributed by atoms with Crippen molar-refractivity contribution >= 4 is 50.2 Å². The second kappa shape index (κ2) is 9.03. The molecule has 0 aliphatic carbocycles. The monoisotopic (exact) mass is 488 g/mol. The first-order chi connectivity index (χ1) is 15.4. The molecule has 0 spiro atoms. The molecule has 11 heteroatoms. The molecule has 0 unspecified atom stereocenters. The van der Waals surface area contributed by atoms with E-state index in [2.05, 4.69) is 20.2 Å². The number of sulfonamides is 1. The number of H-pyrrole nitrogens is 1. The summed E-state index contributed by atoms with van der Waals surface area (Å²) in [6.07, 6.45) is 0. The molecule has 3 N–H and O–H groups in total. The number of aromatic amines is 1. The molecule has 0 saturated heterocycles. The van der Waals surface area contributed by atoms with E-state index in [1.165, 1.54) is 36.6 Å². The van der Waals surface area contributed by atoms with E-state index in [9.17, 15) is 13.2 Å². The lowest BCUT2D eigenvalue weighted by Crippen LogP contribution is -2.16. The van der Waals surface area contributed by atoms with Crippen LogP contribution < -0.4 is 14.8 Å². The van der Waals surface area contributed by atoms with Crippen LogP contribution in [0, 0.1) is 0 Å². The zero-order valence-electron chi connectivity index (χ0n) is 16.6. The topological polar surface area (TPSA) is 113 Å². The molecule has 0 radical (unpaired) electrons. The normalized spacial score (nSPS) is 11.2. The fourth-order valence-electron chi connectivity index (χ4n) is 2.90. The number of benzene rings is 2. The van der Waals surface area contributed by atoms with Gasteiger partial charge in [0.15, 0.2) is 5.69 Å². The molecule has 2 aromatic carbocycles. The number of nitrogens with one attached hydrogen (secondary N) is 3. The smallest absolute Gasteiger partial charge is 0.276 e. The van der Waals surface area contributed by atoms with Gasteiger partial charge in [0.2, 0.25) is 0 Å². The van der Waals surface area contributed by atoms with Crippen LogP contribution in [0.25, 0.3) is 10.6 Å². The standard InChI is InChI=1S/C21H17ClN4O4S2/c1-30-18-9-8-13(11-20(18)32(28,29)26-15-6-3-2-5-14(15)22)23-21(27)17-12-16(24-25-17)19-7-4-10-31-19/h2-12,26H,1H3,(H,23,27)(H,24,25). The van der Waals surface area contributed by atoms with E-state index in [1.807, 2.05) is 17.5 Å². The van der Waals surface area contributed by atoms with Gasteiger partial charge in [-0.1, -0.05) is 29.8 Å². The van der Waals surface area contributed by atoms with Crippen molar-refractivity contribution in [2.24, 2.45) is 0 Å². The van der Waals surface area contributed by atoms with E-state index in [0.29, 0.717) is 5.69 Å². The zero-order chi connectivity index (χ0) is 22.7. The maximum absolute atomic E-state index is 13.0. The van der Waals surface area contributed by atoms with Gasteiger partial charge in [0.1, 0.15) is 10.6 Å². The van der Waals surface area contributed by atoms with Crippen LogP contribution in [-0.2, 0) is 10.0 Å². The minimum absolute atomic E-state index is 0.113. The van der Waals surface area contributed by atoms with E-state index in [1.54, 1.807) is 30.3 Å². The molecule has 0 atom stereocenters. The summed E-state index contributed by atoms with van der Waals surface area (Å²) in [5, 5.41) is 11.7. The van der Waals surface area contributed by atoms with Gasteiger partial charge in [-0.3, -0.25) is 14.6 Å². The fourth-order valence-corrected chi connectivity index (χ4v) is 5.11. The molecule has 8 nitrogen and oxygen atoms in total. The Hall–Kier alpha value is -3.34. The molecule has 0 saturated carbocycles. The van der Waals surface area contributed by atoms with Gasteiger partial charge in [0, 0.05) is 5.69 Å². The number of methoxy groups -OCH3 is 1. The van der Waals surface area contributed by atoms with Gasteiger partial charge in [-0.2, -0.15) is 5.10 Å². The van der Waals surface area contributed by atoms with Crippen molar-refractivity contribution in [1.29, 1.82) is 0 Å². The summed E-state index contributed by atoms with van der Waals surface area (Å²) in [5.74, 6) is -0.376. The lowest BCUT2D eigenvalue weighted by Gasteiger charge is -2.14. The van der Waals surface area contributed by atoms with E-state index < -0.39 is 15.9 Å². The Labute approximate surface area is 193 Å². The van der Waals surface area contributed by atoms with Gasteiger partial charge < -0.3 is 10.1 Å². The van der Waals surface area contributed by atoms with E-state index in [-0.39, 0.29) is 32.7 Å². The predicted molar refractivity (Wildman–Crippen MR) is 125 cm³/mol. The molecular formula is C21H17ClN4O4S2. The van der Waals surface area contributed by atoms with Gasteiger partial charge >= 0.3 is 0 Å². The number of ether oxygens (including phenoxy) is 1. The lowest BCUT2D eigenvalue weighted by atomic mass is 10.2. The number of para-hydroxylation sites is 1. The molecule has 2 aromatic heterocycles. The Morgan fingerprint density at radius 2 is 1.94 bits per heavy atom. The predicted octanol–water partition coefficient (Wildman–Crippen LogP) is 4.85. The van der Waals surface area contributed by atoms with E-state index in [0.717, 1.165) is 4.88 Å². The first-order valence-corrected chi connectivity index (χ1v) is 12.0. The SMILES string of the molecule is COc1ccc(NC(=O)c2cc(-c3cccs3)[nH]n2)cc1S(=O)(=O)Nc1ccccc1Cl. The Balaban J connectivity index is 1.59. The molecule has 4 rings (SSSR count). The number of rotatable bonds is 7. The van der Waals surface area contributed by atoms with Crippen LogP contribution in [0.2, 0.25) is 5.02 Å².